The van der Waals surface area contributed by atoms with Crippen molar-refractivity contribution in [3.63, 3.8) is 0 Å². The Morgan fingerprint density at radius 1 is 1.57 bits per heavy atom. The first-order valence-corrected chi connectivity index (χ1v) is 5.24. The Morgan fingerprint density at radius 2 is 2.21 bits per heavy atom. The fraction of sp³-hybridized carbons (Fsp3) is 0.400. The number of halogens is 2. The second kappa shape index (κ2) is 4.87. The van der Waals surface area contributed by atoms with Crippen molar-refractivity contribution in [2.75, 3.05) is 0 Å². The van der Waals surface area contributed by atoms with E-state index in [0.717, 1.165) is 0 Å². The van der Waals surface area contributed by atoms with Gasteiger partial charge < -0.3 is 10.8 Å². The molecule has 0 radical (unpaired) electrons. The monoisotopic (exact) mass is 261 g/mol. The van der Waals surface area contributed by atoms with Gasteiger partial charge in [-0.05, 0) is 18.6 Å². The van der Waals surface area contributed by atoms with Crippen LogP contribution in [-0.4, -0.2) is 11.2 Å². The van der Waals surface area contributed by atoms with Gasteiger partial charge in [0.15, 0.2) is 0 Å². The molecule has 14 heavy (non-hydrogen) atoms. The van der Waals surface area contributed by atoms with Gasteiger partial charge in [-0.25, -0.2) is 4.39 Å². The van der Waals surface area contributed by atoms with E-state index in [-0.39, 0.29) is 5.82 Å². The third kappa shape index (κ3) is 2.53. The Bertz CT molecular complexity index is 319. The van der Waals surface area contributed by atoms with E-state index in [1.807, 2.05) is 0 Å². The minimum atomic E-state index is -0.703. The fourth-order valence-electron chi connectivity index (χ4n) is 1.23. The predicted octanol–water partition coefficient (Wildman–Crippen LogP) is 2.36. The Labute approximate surface area is 91.1 Å². The highest BCUT2D eigenvalue weighted by Crippen LogP contribution is 2.22. The first-order valence-electron chi connectivity index (χ1n) is 4.44. The summed E-state index contributed by atoms with van der Waals surface area (Å²) < 4.78 is 14.0. The van der Waals surface area contributed by atoms with E-state index in [1.54, 1.807) is 19.1 Å². The summed E-state index contributed by atoms with van der Waals surface area (Å²) in [6, 6.07) is 3.98. The third-order valence-corrected chi connectivity index (χ3v) is 2.65. The lowest BCUT2D eigenvalue weighted by molar-refractivity contribution is 0.139. The highest BCUT2D eigenvalue weighted by molar-refractivity contribution is 9.10. The van der Waals surface area contributed by atoms with Crippen LogP contribution in [0.5, 0.6) is 0 Å². The van der Waals surface area contributed by atoms with Gasteiger partial charge in [0.25, 0.3) is 0 Å². The van der Waals surface area contributed by atoms with Crippen molar-refractivity contribution in [2.45, 2.75) is 25.5 Å². The van der Waals surface area contributed by atoms with E-state index in [1.165, 1.54) is 6.07 Å². The van der Waals surface area contributed by atoms with Gasteiger partial charge >= 0.3 is 0 Å². The van der Waals surface area contributed by atoms with E-state index in [2.05, 4.69) is 15.9 Å². The number of aliphatic hydroxyl groups is 1. The van der Waals surface area contributed by atoms with Crippen molar-refractivity contribution in [1.82, 2.24) is 0 Å². The lowest BCUT2D eigenvalue weighted by atomic mass is 10.0. The van der Waals surface area contributed by atoms with Gasteiger partial charge in [-0.1, -0.05) is 28.9 Å². The molecule has 0 aliphatic heterocycles. The zero-order valence-corrected chi connectivity index (χ0v) is 9.46. The van der Waals surface area contributed by atoms with Crippen molar-refractivity contribution in [1.29, 1.82) is 0 Å². The number of aliphatic hydroxyl groups excluding tert-OH is 1. The number of rotatable bonds is 3. The predicted molar refractivity (Wildman–Crippen MR) is 57.3 cm³/mol. The van der Waals surface area contributed by atoms with E-state index in [4.69, 9.17) is 5.73 Å². The Balaban J connectivity index is 2.95. The van der Waals surface area contributed by atoms with Crippen molar-refractivity contribution in [3.8, 4) is 0 Å². The van der Waals surface area contributed by atoms with Crippen LogP contribution in [-0.2, 0) is 0 Å². The number of nitrogens with two attached hydrogens (primary N) is 1. The van der Waals surface area contributed by atoms with Gasteiger partial charge in [0.05, 0.1) is 12.1 Å². The Morgan fingerprint density at radius 3 is 2.71 bits per heavy atom. The van der Waals surface area contributed by atoms with Gasteiger partial charge in [-0.2, -0.15) is 0 Å². The minimum absolute atomic E-state index is 0.350. The molecule has 2 nitrogen and oxygen atoms in total. The molecule has 1 aromatic carbocycles. The highest BCUT2D eigenvalue weighted by Gasteiger charge is 2.18. The molecule has 78 valence electrons. The minimum Gasteiger partial charge on any atom is -0.391 e. The van der Waals surface area contributed by atoms with Gasteiger partial charge in [-0.3, -0.25) is 0 Å². The molecule has 0 aliphatic rings. The third-order valence-electron chi connectivity index (χ3n) is 2.15. The SMILES string of the molecule is CCC(O)C(N)c1ccc(Br)cc1F. The molecule has 0 saturated heterocycles. The zero-order valence-electron chi connectivity index (χ0n) is 7.87. The van der Waals surface area contributed by atoms with Crippen LogP contribution >= 0.6 is 15.9 Å². The second-order valence-corrected chi connectivity index (χ2v) is 4.08. The van der Waals surface area contributed by atoms with Gasteiger partial charge in [-0.15, -0.1) is 0 Å². The topological polar surface area (TPSA) is 46.2 Å². The molecule has 4 heteroatoms. The molecule has 2 atom stereocenters. The number of benzene rings is 1. The summed E-state index contributed by atoms with van der Waals surface area (Å²) in [5.41, 5.74) is 6.04. The molecule has 0 aromatic heterocycles. The molecule has 3 N–H and O–H groups in total. The summed E-state index contributed by atoms with van der Waals surface area (Å²) >= 11 is 3.16. The standard InChI is InChI=1S/C10H13BrFNO/c1-2-9(14)10(13)7-4-3-6(11)5-8(7)12/h3-5,9-10,14H,2,13H2,1H3. The van der Waals surface area contributed by atoms with Crippen LogP contribution in [0.3, 0.4) is 0 Å². The first-order chi connectivity index (χ1) is 6.56. The molecule has 0 heterocycles. The summed E-state index contributed by atoms with van der Waals surface area (Å²) in [5, 5.41) is 9.47. The van der Waals surface area contributed by atoms with Gasteiger partial charge in [0.1, 0.15) is 5.82 Å². The summed E-state index contributed by atoms with van der Waals surface area (Å²) in [4.78, 5) is 0. The first kappa shape index (κ1) is 11.6. The lowest BCUT2D eigenvalue weighted by Gasteiger charge is -2.18. The lowest BCUT2D eigenvalue weighted by Crippen LogP contribution is -2.26. The Kier molecular flexibility index (Phi) is 4.04. The number of hydrogen-bond donors (Lipinski definition) is 2. The van der Waals surface area contributed by atoms with Crippen LogP contribution in [0.1, 0.15) is 24.9 Å². The average molecular weight is 262 g/mol. The van der Waals surface area contributed by atoms with Crippen molar-refractivity contribution < 1.29 is 9.50 Å². The number of hydrogen-bond acceptors (Lipinski definition) is 2. The maximum Gasteiger partial charge on any atom is 0.129 e. The van der Waals surface area contributed by atoms with Crippen LogP contribution in [0, 0.1) is 5.82 Å². The summed E-state index contributed by atoms with van der Waals surface area (Å²) in [5.74, 6) is -0.389. The molecule has 0 bridgehead atoms. The van der Waals surface area contributed by atoms with E-state index < -0.39 is 12.1 Å². The van der Waals surface area contributed by atoms with E-state index in [0.29, 0.717) is 16.5 Å². The summed E-state index contributed by atoms with van der Waals surface area (Å²) in [6.07, 6.45) is -0.192. The van der Waals surface area contributed by atoms with Gasteiger partial charge in [0.2, 0.25) is 0 Å². The largest absolute Gasteiger partial charge is 0.391 e. The van der Waals surface area contributed by atoms with Crippen LogP contribution < -0.4 is 5.73 Å². The van der Waals surface area contributed by atoms with Crippen LogP contribution in [0.25, 0.3) is 0 Å². The van der Waals surface area contributed by atoms with Crippen molar-refractivity contribution >= 4 is 15.9 Å². The van der Waals surface area contributed by atoms with Crippen LogP contribution in [0.15, 0.2) is 22.7 Å². The molecule has 2 unspecified atom stereocenters. The van der Waals surface area contributed by atoms with E-state index >= 15 is 0 Å². The van der Waals surface area contributed by atoms with Gasteiger partial charge in [0, 0.05) is 10.0 Å². The molecule has 0 aliphatic carbocycles. The molecule has 0 spiro atoms. The molecule has 0 saturated carbocycles. The highest BCUT2D eigenvalue weighted by atomic mass is 79.9. The summed E-state index contributed by atoms with van der Waals surface area (Å²) in [7, 11) is 0. The Hall–Kier alpha value is -0.450. The smallest absolute Gasteiger partial charge is 0.129 e. The summed E-state index contributed by atoms with van der Waals surface area (Å²) in [6.45, 7) is 1.81. The molecule has 0 amide bonds. The zero-order chi connectivity index (χ0) is 10.7. The quantitative estimate of drug-likeness (QED) is 0.878. The van der Waals surface area contributed by atoms with Crippen LogP contribution in [0.4, 0.5) is 4.39 Å². The molecule has 1 aromatic rings. The molecular weight excluding hydrogens is 249 g/mol. The fourth-order valence-corrected chi connectivity index (χ4v) is 1.57. The maximum absolute atomic E-state index is 13.4. The molecule has 1 rings (SSSR count). The second-order valence-electron chi connectivity index (χ2n) is 3.17. The normalized spacial score (nSPS) is 15.2. The van der Waals surface area contributed by atoms with E-state index in [9.17, 15) is 9.50 Å². The maximum atomic E-state index is 13.4. The van der Waals surface area contributed by atoms with Crippen LogP contribution in [0.2, 0.25) is 0 Å². The molecular formula is C10H13BrFNO. The molecule has 0 fully saturated rings. The van der Waals surface area contributed by atoms with Crippen molar-refractivity contribution in [3.05, 3.63) is 34.1 Å². The average Bonchev–Trinajstić information content (AvgIpc) is 2.15. The van der Waals surface area contributed by atoms with Crippen molar-refractivity contribution in [2.24, 2.45) is 5.73 Å².